The molecule has 1 aliphatic rings. The molecule has 0 bridgehead atoms. The topological polar surface area (TPSA) is 69.6 Å². The fourth-order valence-electron chi connectivity index (χ4n) is 2.59. The van der Waals surface area contributed by atoms with Crippen molar-refractivity contribution < 1.29 is 14.7 Å². The van der Waals surface area contributed by atoms with Crippen LogP contribution in [0.1, 0.15) is 38.5 Å². The summed E-state index contributed by atoms with van der Waals surface area (Å²) in [4.78, 5) is 27.6. The third-order valence-electron chi connectivity index (χ3n) is 4.65. The highest BCUT2D eigenvalue weighted by Gasteiger charge is 2.35. The van der Waals surface area contributed by atoms with Crippen LogP contribution in [0.5, 0.6) is 0 Å². The molecule has 2 amide bonds. The van der Waals surface area contributed by atoms with Gasteiger partial charge in [-0.05, 0) is 37.1 Å². The lowest BCUT2D eigenvalue weighted by Crippen LogP contribution is -2.51. The second kappa shape index (κ2) is 7.45. The molecule has 1 fully saturated rings. The summed E-state index contributed by atoms with van der Waals surface area (Å²) in [5, 5.41) is 15.0. The van der Waals surface area contributed by atoms with Crippen molar-refractivity contribution in [1.29, 1.82) is 0 Å². The van der Waals surface area contributed by atoms with Gasteiger partial charge >= 0.3 is 0 Å². The van der Waals surface area contributed by atoms with Crippen LogP contribution in [0.15, 0.2) is 17.5 Å². The molecule has 6 heteroatoms. The standard InChI is InChI=1S/C17H26N2O3S/c1-12(2)17(3,22)11-18-16(21)14-7-4-8-19(14)15(20)10-13-6-5-9-23-13/h5-6,9,12,14,22H,4,7-8,10-11H2,1-3H3,(H,18,21). The number of thiophene rings is 1. The Labute approximate surface area is 141 Å². The Kier molecular flexibility index (Phi) is 5.81. The molecule has 128 valence electrons. The van der Waals surface area contributed by atoms with Gasteiger partial charge in [-0.15, -0.1) is 11.3 Å². The number of hydrogen-bond acceptors (Lipinski definition) is 4. The van der Waals surface area contributed by atoms with Crippen LogP contribution in [0.25, 0.3) is 0 Å². The number of likely N-dealkylation sites (tertiary alicyclic amines) is 1. The molecule has 2 heterocycles. The van der Waals surface area contributed by atoms with Crippen molar-refractivity contribution >= 4 is 23.2 Å². The van der Waals surface area contributed by atoms with Crippen LogP contribution in [0.2, 0.25) is 0 Å². The summed E-state index contributed by atoms with van der Waals surface area (Å²) in [5.74, 6) is -0.119. The van der Waals surface area contributed by atoms with E-state index in [2.05, 4.69) is 5.32 Å². The van der Waals surface area contributed by atoms with Gasteiger partial charge in [0.1, 0.15) is 6.04 Å². The molecule has 2 unspecified atom stereocenters. The Balaban J connectivity index is 1.92. The highest BCUT2D eigenvalue weighted by Crippen LogP contribution is 2.21. The van der Waals surface area contributed by atoms with Crippen molar-refractivity contribution in [1.82, 2.24) is 10.2 Å². The molecule has 1 aromatic heterocycles. The summed E-state index contributed by atoms with van der Waals surface area (Å²) in [7, 11) is 0. The van der Waals surface area contributed by atoms with E-state index in [-0.39, 0.29) is 24.3 Å². The summed E-state index contributed by atoms with van der Waals surface area (Å²) in [6, 6.07) is 3.45. The molecule has 0 radical (unpaired) electrons. The van der Waals surface area contributed by atoms with Crippen molar-refractivity contribution in [3.05, 3.63) is 22.4 Å². The molecule has 1 saturated heterocycles. The number of amides is 2. The van der Waals surface area contributed by atoms with Gasteiger partial charge in [0.05, 0.1) is 12.0 Å². The molecule has 0 saturated carbocycles. The van der Waals surface area contributed by atoms with Gasteiger partial charge in [-0.3, -0.25) is 9.59 Å². The quantitative estimate of drug-likeness (QED) is 0.831. The predicted octanol–water partition coefficient (Wildman–Crippen LogP) is 1.80. The molecule has 23 heavy (non-hydrogen) atoms. The molecule has 2 atom stereocenters. The summed E-state index contributed by atoms with van der Waals surface area (Å²) < 4.78 is 0. The average molecular weight is 338 g/mol. The van der Waals surface area contributed by atoms with Crippen LogP contribution in [0, 0.1) is 5.92 Å². The molecule has 5 nitrogen and oxygen atoms in total. The number of carbonyl (C=O) groups excluding carboxylic acids is 2. The maximum Gasteiger partial charge on any atom is 0.242 e. The first-order valence-corrected chi connectivity index (χ1v) is 9.01. The molecular formula is C17H26N2O3S. The number of rotatable bonds is 6. The Morgan fingerprint density at radius 2 is 2.26 bits per heavy atom. The minimum Gasteiger partial charge on any atom is -0.388 e. The molecule has 0 spiro atoms. The fourth-order valence-corrected chi connectivity index (χ4v) is 3.29. The third kappa shape index (κ3) is 4.54. The maximum absolute atomic E-state index is 12.4. The molecular weight excluding hydrogens is 312 g/mol. The minimum absolute atomic E-state index is 0.000666. The van der Waals surface area contributed by atoms with Crippen LogP contribution >= 0.6 is 11.3 Å². The van der Waals surface area contributed by atoms with Gasteiger partial charge in [-0.25, -0.2) is 0 Å². The lowest BCUT2D eigenvalue weighted by Gasteiger charge is -2.30. The lowest BCUT2D eigenvalue weighted by molar-refractivity contribution is -0.138. The van der Waals surface area contributed by atoms with Gasteiger partial charge in [0.25, 0.3) is 0 Å². The zero-order valence-electron chi connectivity index (χ0n) is 14.0. The Morgan fingerprint density at radius 1 is 1.52 bits per heavy atom. The van der Waals surface area contributed by atoms with Crippen molar-refractivity contribution in [2.24, 2.45) is 5.92 Å². The molecule has 0 aliphatic carbocycles. The normalized spacial score (nSPS) is 20.6. The van der Waals surface area contributed by atoms with Crippen LogP contribution in [-0.2, 0) is 16.0 Å². The van der Waals surface area contributed by atoms with Gasteiger partial charge in [0.15, 0.2) is 0 Å². The summed E-state index contributed by atoms with van der Waals surface area (Å²) in [6.45, 7) is 6.37. The molecule has 2 rings (SSSR count). The smallest absolute Gasteiger partial charge is 0.242 e. The Morgan fingerprint density at radius 3 is 2.87 bits per heavy atom. The number of aliphatic hydroxyl groups is 1. The van der Waals surface area contributed by atoms with Gasteiger partial charge in [-0.2, -0.15) is 0 Å². The van der Waals surface area contributed by atoms with E-state index in [1.165, 1.54) is 0 Å². The van der Waals surface area contributed by atoms with E-state index in [1.807, 2.05) is 31.4 Å². The molecule has 1 aliphatic heterocycles. The van der Waals surface area contributed by atoms with Crippen molar-refractivity contribution in [3.8, 4) is 0 Å². The van der Waals surface area contributed by atoms with Crippen LogP contribution in [0.3, 0.4) is 0 Å². The van der Waals surface area contributed by atoms with E-state index in [4.69, 9.17) is 0 Å². The fraction of sp³-hybridized carbons (Fsp3) is 0.647. The van der Waals surface area contributed by atoms with E-state index in [1.54, 1.807) is 23.2 Å². The number of nitrogens with zero attached hydrogens (tertiary/aromatic N) is 1. The van der Waals surface area contributed by atoms with E-state index in [9.17, 15) is 14.7 Å². The summed E-state index contributed by atoms with van der Waals surface area (Å²) in [6.07, 6.45) is 1.88. The van der Waals surface area contributed by atoms with Gasteiger partial charge in [-0.1, -0.05) is 19.9 Å². The predicted molar refractivity (Wildman–Crippen MR) is 91.2 cm³/mol. The van der Waals surface area contributed by atoms with Gasteiger partial charge < -0.3 is 15.3 Å². The largest absolute Gasteiger partial charge is 0.388 e. The van der Waals surface area contributed by atoms with Crippen LogP contribution in [0.4, 0.5) is 0 Å². The van der Waals surface area contributed by atoms with Crippen LogP contribution < -0.4 is 5.32 Å². The molecule has 2 N–H and O–H groups in total. The second-order valence-electron chi connectivity index (χ2n) is 6.73. The summed E-state index contributed by atoms with van der Waals surface area (Å²) >= 11 is 1.56. The summed E-state index contributed by atoms with van der Waals surface area (Å²) in [5.41, 5.74) is -0.944. The lowest BCUT2D eigenvalue weighted by atomic mass is 9.92. The molecule has 0 aromatic carbocycles. The first-order chi connectivity index (χ1) is 10.8. The van der Waals surface area contributed by atoms with Crippen molar-refractivity contribution in [2.75, 3.05) is 13.1 Å². The first kappa shape index (κ1) is 17.9. The Hall–Kier alpha value is -1.40. The Bertz CT molecular complexity index is 540. The van der Waals surface area contributed by atoms with Crippen molar-refractivity contribution in [2.45, 2.75) is 51.7 Å². The van der Waals surface area contributed by atoms with E-state index >= 15 is 0 Å². The first-order valence-electron chi connectivity index (χ1n) is 8.13. The van der Waals surface area contributed by atoms with Crippen LogP contribution in [-0.4, -0.2) is 46.6 Å². The number of carbonyl (C=O) groups is 2. The second-order valence-corrected chi connectivity index (χ2v) is 7.76. The minimum atomic E-state index is -0.944. The SMILES string of the molecule is CC(C)C(C)(O)CNC(=O)C1CCCN1C(=O)Cc1cccs1. The van der Waals surface area contributed by atoms with E-state index in [0.717, 1.165) is 11.3 Å². The third-order valence-corrected chi connectivity index (χ3v) is 5.52. The maximum atomic E-state index is 12.4. The van der Waals surface area contributed by atoms with Gasteiger partial charge in [0, 0.05) is 18.0 Å². The van der Waals surface area contributed by atoms with E-state index in [0.29, 0.717) is 19.4 Å². The van der Waals surface area contributed by atoms with Crippen molar-refractivity contribution in [3.63, 3.8) is 0 Å². The highest BCUT2D eigenvalue weighted by atomic mass is 32.1. The molecule has 1 aromatic rings. The number of nitrogens with one attached hydrogen (secondary N) is 1. The highest BCUT2D eigenvalue weighted by molar-refractivity contribution is 7.10. The zero-order valence-corrected chi connectivity index (χ0v) is 14.9. The average Bonchev–Trinajstić information content (AvgIpc) is 3.15. The number of hydrogen-bond donors (Lipinski definition) is 2. The zero-order chi connectivity index (χ0) is 17.0. The van der Waals surface area contributed by atoms with E-state index < -0.39 is 11.6 Å². The monoisotopic (exact) mass is 338 g/mol. The van der Waals surface area contributed by atoms with Gasteiger partial charge in [0.2, 0.25) is 11.8 Å².